The Morgan fingerprint density at radius 1 is 1.16 bits per heavy atom. The number of fused-ring (bicyclic) bond motifs is 1. The molecule has 0 saturated carbocycles. The Balaban J connectivity index is 1.44. The van der Waals surface area contributed by atoms with E-state index in [2.05, 4.69) is 4.98 Å². The van der Waals surface area contributed by atoms with Crippen LogP contribution in [-0.4, -0.2) is 69.9 Å². The number of carbonyl (C=O) groups excluding carboxylic acids is 2. The zero-order chi connectivity index (χ0) is 17.4. The molecule has 4 rings (SSSR count). The standard InChI is InChI=1S/C17H19FN4O3/c18-15-14(19-13-5-1-2-6-22(13)15)17(24)21-9-7-20(8-10-21)16(23)12-4-3-11-25-12/h1-2,5-6,12H,3-4,7-11H2. The molecule has 2 aliphatic rings. The molecule has 0 bridgehead atoms. The molecule has 1 unspecified atom stereocenters. The van der Waals surface area contributed by atoms with Gasteiger partial charge in [0.2, 0.25) is 5.95 Å². The summed E-state index contributed by atoms with van der Waals surface area (Å²) < 4.78 is 21.1. The van der Waals surface area contributed by atoms with Crippen LogP contribution in [0.4, 0.5) is 4.39 Å². The predicted molar refractivity (Wildman–Crippen MR) is 86.6 cm³/mol. The number of halogens is 1. The normalized spacial score (nSPS) is 21.1. The minimum Gasteiger partial charge on any atom is -0.368 e. The fourth-order valence-corrected chi connectivity index (χ4v) is 3.36. The summed E-state index contributed by atoms with van der Waals surface area (Å²) in [5.41, 5.74) is 0.223. The van der Waals surface area contributed by atoms with Crippen LogP contribution in [0.3, 0.4) is 0 Å². The summed E-state index contributed by atoms with van der Waals surface area (Å²) in [6.45, 7) is 2.22. The Labute approximate surface area is 144 Å². The van der Waals surface area contributed by atoms with Crippen molar-refractivity contribution in [2.45, 2.75) is 18.9 Å². The molecule has 4 heterocycles. The van der Waals surface area contributed by atoms with Crippen molar-refractivity contribution in [2.24, 2.45) is 0 Å². The molecule has 2 aromatic heterocycles. The highest BCUT2D eigenvalue weighted by Crippen LogP contribution is 2.18. The van der Waals surface area contributed by atoms with E-state index >= 15 is 0 Å². The maximum atomic E-state index is 14.4. The molecule has 7 nitrogen and oxygen atoms in total. The number of pyridine rings is 1. The maximum absolute atomic E-state index is 14.4. The molecule has 1 atom stereocenters. The van der Waals surface area contributed by atoms with Crippen molar-refractivity contribution in [3.63, 3.8) is 0 Å². The molecule has 2 fully saturated rings. The van der Waals surface area contributed by atoms with Gasteiger partial charge in [-0.25, -0.2) is 4.98 Å². The molecule has 8 heteroatoms. The van der Waals surface area contributed by atoms with Gasteiger partial charge in [0, 0.05) is 39.0 Å². The average molecular weight is 346 g/mol. The van der Waals surface area contributed by atoms with Gasteiger partial charge in [-0.1, -0.05) is 6.07 Å². The number of hydrogen-bond acceptors (Lipinski definition) is 4. The van der Waals surface area contributed by atoms with E-state index in [1.54, 1.807) is 28.0 Å². The first-order valence-electron chi connectivity index (χ1n) is 8.47. The number of rotatable bonds is 2. The van der Waals surface area contributed by atoms with Crippen molar-refractivity contribution in [1.82, 2.24) is 19.2 Å². The first-order chi connectivity index (χ1) is 12.1. The van der Waals surface area contributed by atoms with Crippen LogP contribution < -0.4 is 0 Å². The van der Waals surface area contributed by atoms with Crippen molar-refractivity contribution < 1.29 is 18.7 Å². The smallest absolute Gasteiger partial charge is 0.277 e. The van der Waals surface area contributed by atoms with E-state index in [9.17, 15) is 14.0 Å². The molecule has 0 aromatic carbocycles. The predicted octanol–water partition coefficient (Wildman–Crippen LogP) is 0.937. The summed E-state index contributed by atoms with van der Waals surface area (Å²) in [7, 11) is 0. The second-order valence-corrected chi connectivity index (χ2v) is 6.30. The zero-order valence-corrected chi connectivity index (χ0v) is 13.7. The van der Waals surface area contributed by atoms with Crippen LogP contribution in [0.25, 0.3) is 5.65 Å². The lowest BCUT2D eigenvalue weighted by Crippen LogP contribution is -2.53. The monoisotopic (exact) mass is 346 g/mol. The van der Waals surface area contributed by atoms with E-state index in [1.165, 1.54) is 10.6 Å². The molecule has 2 aliphatic heterocycles. The number of piperazine rings is 1. The van der Waals surface area contributed by atoms with Gasteiger partial charge in [-0.3, -0.25) is 14.0 Å². The van der Waals surface area contributed by atoms with Gasteiger partial charge in [0.25, 0.3) is 11.8 Å². The second kappa shape index (κ2) is 6.44. The number of imidazole rings is 1. The summed E-state index contributed by atoms with van der Waals surface area (Å²) in [4.78, 5) is 32.3. The van der Waals surface area contributed by atoms with Crippen molar-refractivity contribution in [2.75, 3.05) is 32.8 Å². The van der Waals surface area contributed by atoms with Crippen LogP contribution in [-0.2, 0) is 9.53 Å². The van der Waals surface area contributed by atoms with E-state index in [-0.39, 0.29) is 17.7 Å². The van der Waals surface area contributed by atoms with Crippen molar-refractivity contribution in [3.05, 3.63) is 36.0 Å². The molecule has 2 saturated heterocycles. The molecule has 2 amide bonds. The molecule has 0 radical (unpaired) electrons. The largest absolute Gasteiger partial charge is 0.368 e. The molecule has 2 aromatic rings. The SMILES string of the molecule is O=C(c1nc2ccccn2c1F)N1CCN(C(=O)C2CCCO2)CC1. The minimum atomic E-state index is -0.654. The Morgan fingerprint density at radius 2 is 1.92 bits per heavy atom. The van der Waals surface area contributed by atoms with E-state index in [1.807, 2.05) is 0 Å². The Kier molecular flexibility index (Phi) is 4.12. The first kappa shape index (κ1) is 16.0. The first-order valence-corrected chi connectivity index (χ1v) is 8.47. The van der Waals surface area contributed by atoms with Crippen molar-refractivity contribution in [3.8, 4) is 0 Å². The number of amides is 2. The highest BCUT2D eigenvalue weighted by molar-refractivity contribution is 5.93. The highest BCUT2D eigenvalue weighted by Gasteiger charge is 2.32. The highest BCUT2D eigenvalue weighted by atomic mass is 19.1. The molecular formula is C17H19FN4O3. The lowest BCUT2D eigenvalue weighted by atomic mass is 10.2. The molecule has 0 aliphatic carbocycles. The van der Waals surface area contributed by atoms with Gasteiger partial charge >= 0.3 is 0 Å². The minimum absolute atomic E-state index is 0.0106. The van der Waals surface area contributed by atoms with Crippen molar-refractivity contribution in [1.29, 1.82) is 0 Å². The molecular weight excluding hydrogens is 327 g/mol. The van der Waals surface area contributed by atoms with E-state index in [4.69, 9.17) is 4.74 Å². The zero-order valence-electron chi connectivity index (χ0n) is 13.7. The number of ether oxygens (including phenoxy) is 1. The van der Waals surface area contributed by atoms with Gasteiger partial charge in [-0.05, 0) is 25.0 Å². The Hall–Kier alpha value is -2.48. The van der Waals surface area contributed by atoms with Crippen molar-refractivity contribution >= 4 is 17.5 Å². The summed E-state index contributed by atoms with van der Waals surface area (Å²) in [6, 6.07) is 5.07. The third kappa shape index (κ3) is 2.86. The fourth-order valence-electron chi connectivity index (χ4n) is 3.36. The third-order valence-electron chi connectivity index (χ3n) is 4.76. The van der Waals surface area contributed by atoms with E-state index in [0.29, 0.717) is 38.4 Å². The molecule has 0 spiro atoms. The van der Waals surface area contributed by atoms with Crippen LogP contribution in [0.2, 0.25) is 0 Å². The van der Waals surface area contributed by atoms with E-state index < -0.39 is 11.9 Å². The number of aromatic nitrogens is 2. The summed E-state index contributed by atoms with van der Waals surface area (Å²) in [5.74, 6) is -1.10. The van der Waals surface area contributed by atoms with Crippen LogP contribution >= 0.6 is 0 Å². The van der Waals surface area contributed by atoms with Crippen LogP contribution in [0, 0.1) is 5.95 Å². The molecule has 0 N–H and O–H groups in total. The third-order valence-corrected chi connectivity index (χ3v) is 4.76. The summed E-state index contributed by atoms with van der Waals surface area (Å²) >= 11 is 0. The molecule has 25 heavy (non-hydrogen) atoms. The number of nitrogens with zero attached hydrogens (tertiary/aromatic N) is 4. The van der Waals surface area contributed by atoms with Gasteiger partial charge in [0.1, 0.15) is 11.8 Å². The van der Waals surface area contributed by atoms with Gasteiger partial charge in [-0.15, -0.1) is 0 Å². The second-order valence-electron chi connectivity index (χ2n) is 6.30. The number of hydrogen-bond donors (Lipinski definition) is 0. The Bertz CT molecular complexity index is 807. The lowest BCUT2D eigenvalue weighted by molar-refractivity contribution is -0.142. The lowest BCUT2D eigenvalue weighted by Gasteiger charge is -2.35. The average Bonchev–Trinajstić information content (AvgIpc) is 3.30. The van der Waals surface area contributed by atoms with Crippen LogP contribution in [0.1, 0.15) is 23.3 Å². The van der Waals surface area contributed by atoms with E-state index in [0.717, 1.165) is 12.8 Å². The Morgan fingerprint density at radius 3 is 2.60 bits per heavy atom. The quantitative estimate of drug-likeness (QED) is 0.812. The van der Waals surface area contributed by atoms with Gasteiger partial charge in [0.05, 0.1) is 0 Å². The summed E-state index contributed by atoms with van der Waals surface area (Å²) in [5, 5.41) is 0. The topological polar surface area (TPSA) is 67.2 Å². The number of carbonyl (C=O) groups is 2. The summed E-state index contributed by atoms with van der Waals surface area (Å²) in [6.07, 6.45) is 2.84. The fraction of sp³-hybridized carbons (Fsp3) is 0.471. The van der Waals surface area contributed by atoms with Crippen LogP contribution in [0.15, 0.2) is 24.4 Å². The van der Waals surface area contributed by atoms with Crippen LogP contribution in [0.5, 0.6) is 0 Å². The van der Waals surface area contributed by atoms with Gasteiger partial charge in [0.15, 0.2) is 5.69 Å². The van der Waals surface area contributed by atoms with Gasteiger partial charge in [-0.2, -0.15) is 4.39 Å². The van der Waals surface area contributed by atoms with Gasteiger partial charge < -0.3 is 14.5 Å². The maximum Gasteiger partial charge on any atom is 0.277 e. The molecule has 132 valence electrons.